The number of hydrogen-bond acceptors (Lipinski definition) is 3. The first kappa shape index (κ1) is 18.9. The van der Waals surface area contributed by atoms with Crippen LogP contribution in [0.4, 0.5) is 4.39 Å². The van der Waals surface area contributed by atoms with E-state index >= 15 is 0 Å². The molecule has 0 unspecified atom stereocenters. The summed E-state index contributed by atoms with van der Waals surface area (Å²) in [5, 5.41) is 8.24. The molecule has 4 rings (SSSR count). The van der Waals surface area contributed by atoms with E-state index in [1.807, 2.05) is 65.5 Å². The van der Waals surface area contributed by atoms with Crippen LogP contribution in [0, 0.1) is 5.82 Å². The van der Waals surface area contributed by atoms with E-state index in [1.165, 1.54) is 12.1 Å². The highest BCUT2D eigenvalue weighted by atomic mass is 19.1. The quantitative estimate of drug-likeness (QED) is 0.486. The van der Waals surface area contributed by atoms with Crippen LogP contribution in [-0.2, 0) is 13.1 Å². The number of nitrogens with zero attached hydrogens (tertiary/aromatic N) is 2. The number of nitrogens with one attached hydrogen (secondary N) is 1. The van der Waals surface area contributed by atoms with Crippen molar-refractivity contribution in [2.45, 2.75) is 13.1 Å². The molecule has 0 saturated heterocycles. The Morgan fingerprint density at radius 2 is 1.55 bits per heavy atom. The van der Waals surface area contributed by atoms with Crippen LogP contribution in [0.1, 0.15) is 11.1 Å². The molecule has 0 amide bonds. The van der Waals surface area contributed by atoms with Crippen molar-refractivity contribution in [3.63, 3.8) is 0 Å². The van der Waals surface area contributed by atoms with Crippen molar-refractivity contribution in [2.24, 2.45) is 0 Å². The number of hydrogen-bond donors (Lipinski definition) is 1. The molecule has 146 valence electrons. The van der Waals surface area contributed by atoms with Gasteiger partial charge in [0.05, 0.1) is 18.5 Å². The third kappa shape index (κ3) is 4.36. The molecule has 4 nitrogen and oxygen atoms in total. The predicted molar refractivity (Wildman–Crippen MR) is 112 cm³/mol. The second kappa shape index (κ2) is 8.71. The Morgan fingerprint density at radius 1 is 0.862 bits per heavy atom. The van der Waals surface area contributed by atoms with Gasteiger partial charge >= 0.3 is 0 Å². The fourth-order valence-corrected chi connectivity index (χ4v) is 3.28. The minimum absolute atomic E-state index is 0.257. The Hall–Kier alpha value is -3.44. The molecule has 0 saturated carbocycles. The maximum atomic E-state index is 13.4. The Kier molecular flexibility index (Phi) is 5.68. The van der Waals surface area contributed by atoms with Crippen molar-refractivity contribution >= 4 is 0 Å². The van der Waals surface area contributed by atoms with Gasteiger partial charge in [0.1, 0.15) is 11.6 Å². The number of aromatic nitrogens is 2. The van der Waals surface area contributed by atoms with E-state index in [2.05, 4.69) is 5.32 Å². The molecule has 1 N–H and O–H groups in total. The highest BCUT2D eigenvalue weighted by molar-refractivity contribution is 5.63. The zero-order valence-corrected chi connectivity index (χ0v) is 16.2. The van der Waals surface area contributed by atoms with Crippen molar-refractivity contribution in [2.75, 3.05) is 7.11 Å². The third-order valence-electron chi connectivity index (χ3n) is 4.75. The minimum Gasteiger partial charge on any atom is -0.496 e. The molecule has 4 aromatic rings. The van der Waals surface area contributed by atoms with Gasteiger partial charge in [0, 0.05) is 36.0 Å². The van der Waals surface area contributed by atoms with E-state index in [0.29, 0.717) is 13.1 Å². The van der Waals surface area contributed by atoms with Gasteiger partial charge in [-0.05, 0) is 42.5 Å². The summed E-state index contributed by atoms with van der Waals surface area (Å²) in [7, 11) is 1.68. The lowest BCUT2D eigenvalue weighted by atomic mass is 10.1. The Balaban J connectivity index is 1.60. The Labute approximate surface area is 169 Å². The van der Waals surface area contributed by atoms with Crippen LogP contribution in [-0.4, -0.2) is 16.9 Å². The van der Waals surface area contributed by atoms with Crippen LogP contribution in [0.5, 0.6) is 5.75 Å². The molecular formula is C24H22FN3O. The summed E-state index contributed by atoms with van der Waals surface area (Å²) < 4.78 is 20.7. The number of halogens is 1. The predicted octanol–water partition coefficient (Wildman–Crippen LogP) is 4.98. The molecule has 0 aliphatic heterocycles. The molecule has 0 fully saturated rings. The van der Waals surface area contributed by atoms with E-state index in [-0.39, 0.29) is 5.82 Å². The molecule has 1 aromatic heterocycles. The third-order valence-corrected chi connectivity index (χ3v) is 4.75. The van der Waals surface area contributed by atoms with E-state index in [9.17, 15) is 4.39 Å². The standard InChI is InChI=1S/C24H22FN3O/c1-29-23-10-6-5-7-19(23)15-26-16-20-17-28(22-8-3-2-4-9-22)27-24(20)18-11-13-21(25)14-12-18/h2-14,17,26H,15-16H2,1H3. The number of ether oxygens (including phenoxy) is 1. The van der Waals surface area contributed by atoms with Gasteiger partial charge in [-0.2, -0.15) is 5.10 Å². The largest absolute Gasteiger partial charge is 0.496 e. The molecule has 0 aliphatic rings. The van der Waals surface area contributed by atoms with Gasteiger partial charge in [0.15, 0.2) is 0 Å². The minimum atomic E-state index is -0.257. The van der Waals surface area contributed by atoms with Gasteiger partial charge in [-0.3, -0.25) is 0 Å². The smallest absolute Gasteiger partial charge is 0.123 e. The van der Waals surface area contributed by atoms with Crippen LogP contribution >= 0.6 is 0 Å². The monoisotopic (exact) mass is 387 g/mol. The molecular weight excluding hydrogens is 365 g/mol. The molecule has 0 radical (unpaired) electrons. The first-order chi connectivity index (χ1) is 14.2. The summed E-state index contributed by atoms with van der Waals surface area (Å²) in [5.41, 5.74) is 4.83. The molecule has 0 aliphatic carbocycles. The molecule has 1 heterocycles. The van der Waals surface area contributed by atoms with Gasteiger partial charge in [-0.15, -0.1) is 0 Å². The highest BCUT2D eigenvalue weighted by Gasteiger charge is 2.13. The SMILES string of the molecule is COc1ccccc1CNCc1cn(-c2ccccc2)nc1-c1ccc(F)cc1. The lowest BCUT2D eigenvalue weighted by molar-refractivity contribution is 0.407. The van der Waals surface area contributed by atoms with E-state index < -0.39 is 0 Å². The molecule has 0 atom stereocenters. The maximum absolute atomic E-state index is 13.4. The van der Waals surface area contributed by atoms with E-state index in [4.69, 9.17) is 9.84 Å². The fourth-order valence-electron chi connectivity index (χ4n) is 3.28. The summed E-state index contributed by atoms with van der Waals surface area (Å²) in [6.45, 7) is 1.29. The average Bonchev–Trinajstić information content (AvgIpc) is 3.19. The van der Waals surface area contributed by atoms with Crippen molar-refractivity contribution < 1.29 is 9.13 Å². The van der Waals surface area contributed by atoms with Crippen LogP contribution in [0.2, 0.25) is 0 Å². The van der Waals surface area contributed by atoms with Crippen LogP contribution in [0.3, 0.4) is 0 Å². The molecule has 0 spiro atoms. The second-order valence-electron chi connectivity index (χ2n) is 6.71. The summed E-state index contributed by atoms with van der Waals surface area (Å²) in [4.78, 5) is 0. The van der Waals surface area contributed by atoms with Crippen molar-refractivity contribution in [3.05, 3.63) is 102 Å². The number of benzene rings is 3. The summed E-state index contributed by atoms with van der Waals surface area (Å²) >= 11 is 0. The first-order valence-electron chi connectivity index (χ1n) is 9.47. The average molecular weight is 387 g/mol. The fraction of sp³-hybridized carbons (Fsp3) is 0.125. The van der Waals surface area contributed by atoms with Crippen molar-refractivity contribution in [3.8, 4) is 22.7 Å². The van der Waals surface area contributed by atoms with Gasteiger partial charge in [0.25, 0.3) is 0 Å². The van der Waals surface area contributed by atoms with Crippen molar-refractivity contribution in [1.29, 1.82) is 0 Å². The van der Waals surface area contributed by atoms with Gasteiger partial charge < -0.3 is 10.1 Å². The summed E-state index contributed by atoms with van der Waals surface area (Å²) in [6, 6.07) is 24.3. The zero-order valence-electron chi connectivity index (χ0n) is 16.2. The van der Waals surface area contributed by atoms with Crippen LogP contribution in [0.25, 0.3) is 16.9 Å². The summed E-state index contributed by atoms with van der Waals surface area (Å²) in [6.07, 6.45) is 2.02. The number of methoxy groups -OCH3 is 1. The molecule has 0 bridgehead atoms. The van der Waals surface area contributed by atoms with E-state index in [1.54, 1.807) is 19.2 Å². The lowest BCUT2D eigenvalue weighted by Crippen LogP contribution is -2.13. The first-order valence-corrected chi connectivity index (χ1v) is 9.47. The molecule has 29 heavy (non-hydrogen) atoms. The number of rotatable bonds is 7. The summed E-state index contributed by atoms with van der Waals surface area (Å²) in [5.74, 6) is 0.603. The Morgan fingerprint density at radius 3 is 2.31 bits per heavy atom. The molecule has 3 aromatic carbocycles. The van der Waals surface area contributed by atoms with Crippen LogP contribution < -0.4 is 10.1 Å². The molecule has 5 heteroatoms. The van der Waals surface area contributed by atoms with Gasteiger partial charge in [-0.25, -0.2) is 9.07 Å². The van der Waals surface area contributed by atoms with Gasteiger partial charge in [-0.1, -0.05) is 36.4 Å². The highest BCUT2D eigenvalue weighted by Crippen LogP contribution is 2.24. The van der Waals surface area contributed by atoms with Crippen LogP contribution in [0.15, 0.2) is 85.1 Å². The maximum Gasteiger partial charge on any atom is 0.123 e. The van der Waals surface area contributed by atoms with Crippen molar-refractivity contribution in [1.82, 2.24) is 15.1 Å². The normalized spacial score (nSPS) is 10.8. The zero-order chi connectivity index (χ0) is 20.1. The second-order valence-corrected chi connectivity index (χ2v) is 6.71. The van der Waals surface area contributed by atoms with E-state index in [0.717, 1.165) is 33.8 Å². The lowest BCUT2D eigenvalue weighted by Gasteiger charge is -2.09. The van der Waals surface area contributed by atoms with Gasteiger partial charge in [0.2, 0.25) is 0 Å². The topological polar surface area (TPSA) is 39.1 Å². The Bertz CT molecular complexity index is 1070. The number of para-hydroxylation sites is 2.